The molecule has 1 aromatic carbocycles. The molecule has 0 aliphatic heterocycles. The minimum absolute atomic E-state index is 0.000111. The van der Waals surface area contributed by atoms with E-state index in [0.29, 0.717) is 23.6 Å². The summed E-state index contributed by atoms with van der Waals surface area (Å²) in [5.41, 5.74) is 1.26. The Balaban J connectivity index is 2.53. The molecule has 98 valence electrons. The van der Waals surface area contributed by atoms with Gasteiger partial charge in [-0.1, -0.05) is 13.8 Å². The second kappa shape index (κ2) is 7.17. The van der Waals surface area contributed by atoms with Gasteiger partial charge < -0.3 is 5.32 Å². The van der Waals surface area contributed by atoms with Gasteiger partial charge in [0.05, 0.1) is 5.88 Å². The van der Waals surface area contributed by atoms with Crippen LogP contribution in [0.4, 0.5) is 5.69 Å². The molecule has 0 aromatic heterocycles. The number of hydrogen-bond donors (Lipinski definition) is 1. The van der Waals surface area contributed by atoms with Crippen molar-refractivity contribution < 1.29 is 9.59 Å². The van der Waals surface area contributed by atoms with Gasteiger partial charge in [-0.05, 0) is 36.6 Å². The maximum atomic E-state index is 11.6. The van der Waals surface area contributed by atoms with E-state index >= 15 is 0 Å². The van der Waals surface area contributed by atoms with Crippen molar-refractivity contribution in [2.75, 3.05) is 11.2 Å². The van der Waals surface area contributed by atoms with Gasteiger partial charge in [0.15, 0.2) is 5.78 Å². The number of carbonyl (C=O) groups is 2. The molecule has 18 heavy (non-hydrogen) atoms. The summed E-state index contributed by atoms with van der Waals surface area (Å²) < 4.78 is 0. The molecule has 0 unspecified atom stereocenters. The number of halogens is 1. The molecular formula is C14H18ClNO2. The van der Waals surface area contributed by atoms with Crippen LogP contribution in [-0.2, 0) is 4.79 Å². The molecule has 0 saturated carbocycles. The highest BCUT2D eigenvalue weighted by Gasteiger charge is 2.06. The maximum Gasteiger partial charge on any atom is 0.224 e. The number of nitrogens with one attached hydrogen (secondary N) is 1. The Morgan fingerprint density at radius 3 is 2.33 bits per heavy atom. The molecule has 3 nitrogen and oxygen atoms in total. The number of ketones is 1. The van der Waals surface area contributed by atoms with Crippen LogP contribution in [0.1, 0.15) is 37.0 Å². The molecule has 1 rings (SSSR count). The summed E-state index contributed by atoms with van der Waals surface area (Å²) in [6.07, 6.45) is 1.38. The number of hydrogen-bond acceptors (Lipinski definition) is 2. The van der Waals surface area contributed by atoms with Crippen LogP contribution in [0.3, 0.4) is 0 Å². The van der Waals surface area contributed by atoms with E-state index in [0.717, 1.165) is 6.42 Å². The third-order valence-electron chi connectivity index (χ3n) is 2.56. The van der Waals surface area contributed by atoms with Crippen LogP contribution in [0.25, 0.3) is 0 Å². The first-order valence-electron chi connectivity index (χ1n) is 6.02. The Hall–Kier alpha value is -1.35. The van der Waals surface area contributed by atoms with E-state index in [1.54, 1.807) is 24.3 Å². The van der Waals surface area contributed by atoms with Crippen LogP contribution in [0.15, 0.2) is 24.3 Å². The van der Waals surface area contributed by atoms with Crippen LogP contribution in [-0.4, -0.2) is 17.6 Å². The van der Waals surface area contributed by atoms with E-state index in [1.807, 2.05) is 0 Å². The van der Waals surface area contributed by atoms with Gasteiger partial charge in [0.2, 0.25) is 5.91 Å². The summed E-state index contributed by atoms with van der Waals surface area (Å²) in [5.74, 6) is 0.369. The molecular weight excluding hydrogens is 250 g/mol. The molecule has 0 bridgehead atoms. The van der Waals surface area contributed by atoms with Crippen molar-refractivity contribution in [2.45, 2.75) is 26.7 Å². The van der Waals surface area contributed by atoms with E-state index < -0.39 is 0 Å². The SMILES string of the molecule is CC(C)CCC(=O)Nc1ccc(C(=O)CCl)cc1. The van der Waals surface area contributed by atoms with Gasteiger partial charge in [-0.2, -0.15) is 0 Å². The van der Waals surface area contributed by atoms with E-state index in [1.165, 1.54) is 0 Å². The molecule has 0 radical (unpaired) electrons. The van der Waals surface area contributed by atoms with E-state index in [2.05, 4.69) is 19.2 Å². The van der Waals surface area contributed by atoms with Crippen molar-refractivity contribution in [1.29, 1.82) is 0 Å². The number of rotatable bonds is 6. The summed E-state index contributed by atoms with van der Waals surface area (Å²) in [6.45, 7) is 4.17. The number of benzene rings is 1. The predicted molar refractivity (Wildman–Crippen MR) is 74.2 cm³/mol. The molecule has 0 saturated heterocycles. The van der Waals surface area contributed by atoms with Crippen molar-refractivity contribution in [3.8, 4) is 0 Å². The average molecular weight is 268 g/mol. The first-order chi connectivity index (χ1) is 8.52. The van der Waals surface area contributed by atoms with Crippen LogP contribution in [0.2, 0.25) is 0 Å². The lowest BCUT2D eigenvalue weighted by Gasteiger charge is -2.07. The fourth-order valence-electron chi connectivity index (χ4n) is 1.46. The van der Waals surface area contributed by atoms with Crippen molar-refractivity contribution >= 4 is 29.0 Å². The van der Waals surface area contributed by atoms with E-state index in [9.17, 15) is 9.59 Å². The van der Waals surface area contributed by atoms with Gasteiger partial charge in [0.25, 0.3) is 0 Å². The van der Waals surface area contributed by atoms with E-state index in [-0.39, 0.29) is 17.6 Å². The molecule has 1 N–H and O–H groups in total. The van der Waals surface area contributed by atoms with Crippen molar-refractivity contribution in [1.82, 2.24) is 0 Å². The molecule has 0 aliphatic rings. The standard InChI is InChI=1S/C14H18ClNO2/c1-10(2)3-8-14(18)16-12-6-4-11(5-7-12)13(17)9-15/h4-7,10H,3,8-9H2,1-2H3,(H,16,18). The van der Waals surface area contributed by atoms with Gasteiger partial charge in [0, 0.05) is 17.7 Å². The van der Waals surface area contributed by atoms with Gasteiger partial charge in [-0.15, -0.1) is 11.6 Å². The van der Waals surface area contributed by atoms with Gasteiger partial charge >= 0.3 is 0 Å². The first kappa shape index (κ1) is 14.7. The highest BCUT2D eigenvalue weighted by molar-refractivity contribution is 6.30. The lowest BCUT2D eigenvalue weighted by atomic mass is 10.1. The number of anilines is 1. The fourth-order valence-corrected chi connectivity index (χ4v) is 1.61. The lowest BCUT2D eigenvalue weighted by Crippen LogP contribution is -2.12. The van der Waals surface area contributed by atoms with Gasteiger partial charge in [-0.3, -0.25) is 9.59 Å². The Bertz CT molecular complexity index is 412. The highest BCUT2D eigenvalue weighted by Crippen LogP contribution is 2.12. The largest absolute Gasteiger partial charge is 0.326 e. The zero-order valence-electron chi connectivity index (χ0n) is 10.7. The van der Waals surface area contributed by atoms with Crippen molar-refractivity contribution in [3.05, 3.63) is 29.8 Å². The third kappa shape index (κ3) is 4.88. The lowest BCUT2D eigenvalue weighted by molar-refractivity contribution is -0.116. The zero-order valence-corrected chi connectivity index (χ0v) is 11.5. The van der Waals surface area contributed by atoms with Crippen molar-refractivity contribution in [3.63, 3.8) is 0 Å². The average Bonchev–Trinajstić information content (AvgIpc) is 2.36. The predicted octanol–water partition coefficient (Wildman–Crippen LogP) is 3.48. The number of Topliss-reactive ketones (excluding diaryl/α,β-unsaturated/α-hetero) is 1. The maximum absolute atomic E-state index is 11.6. The van der Waals surface area contributed by atoms with Crippen LogP contribution in [0.5, 0.6) is 0 Å². The summed E-state index contributed by atoms with van der Waals surface area (Å²) in [5, 5.41) is 2.80. The molecule has 0 fully saturated rings. The third-order valence-corrected chi connectivity index (χ3v) is 2.80. The Kier molecular flexibility index (Phi) is 5.86. The number of amides is 1. The Morgan fingerprint density at radius 1 is 1.22 bits per heavy atom. The first-order valence-corrected chi connectivity index (χ1v) is 6.55. The van der Waals surface area contributed by atoms with Crippen LogP contribution < -0.4 is 5.32 Å². The molecule has 0 aliphatic carbocycles. The Morgan fingerprint density at radius 2 is 1.83 bits per heavy atom. The zero-order chi connectivity index (χ0) is 13.5. The molecule has 0 spiro atoms. The molecule has 1 amide bonds. The van der Waals surface area contributed by atoms with Crippen LogP contribution >= 0.6 is 11.6 Å². The molecule has 0 atom stereocenters. The Labute approximate surface area is 113 Å². The summed E-state index contributed by atoms with van der Waals surface area (Å²) >= 11 is 5.46. The normalized spacial score (nSPS) is 10.4. The van der Waals surface area contributed by atoms with E-state index in [4.69, 9.17) is 11.6 Å². The monoisotopic (exact) mass is 267 g/mol. The quantitative estimate of drug-likeness (QED) is 0.634. The second-order valence-corrected chi connectivity index (χ2v) is 4.88. The smallest absolute Gasteiger partial charge is 0.224 e. The molecule has 0 heterocycles. The summed E-state index contributed by atoms with van der Waals surface area (Å²) in [4.78, 5) is 22.9. The minimum atomic E-state index is -0.116. The van der Waals surface area contributed by atoms with Crippen LogP contribution in [0, 0.1) is 5.92 Å². The second-order valence-electron chi connectivity index (χ2n) is 4.61. The summed E-state index contributed by atoms with van der Waals surface area (Å²) in [7, 11) is 0. The summed E-state index contributed by atoms with van der Waals surface area (Å²) in [6, 6.07) is 6.77. The topological polar surface area (TPSA) is 46.2 Å². The minimum Gasteiger partial charge on any atom is -0.326 e. The fraction of sp³-hybridized carbons (Fsp3) is 0.429. The molecule has 4 heteroatoms. The molecule has 1 aromatic rings. The highest BCUT2D eigenvalue weighted by atomic mass is 35.5. The van der Waals surface area contributed by atoms with Crippen molar-refractivity contribution in [2.24, 2.45) is 5.92 Å². The van der Waals surface area contributed by atoms with Gasteiger partial charge in [0.1, 0.15) is 0 Å². The van der Waals surface area contributed by atoms with Gasteiger partial charge in [-0.25, -0.2) is 0 Å². The number of carbonyl (C=O) groups excluding carboxylic acids is 2. The number of alkyl halides is 1.